The number of nitrogens with two attached hydrogens (primary N) is 1. The molecule has 7 nitrogen and oxygen atoms in total. The Morgan fingerprint density at radius 2 is 2.23 bits per heavy atom. The second kappa shape index (κ2) is 10.4. The highest BCUT2D eigenvalue weighted by Crippen LogP contribution is 2.11. The van der Waals surface area contributed by atoms with Gasteiger partial charge in [0.2, 0.25) is 15.9 Å². The largest absolute Gasteiger partial charge is 0.377 e. The lowest BCUT2D eigenvalue weighted by Crippen LogP contribution is -2.44. The first-order chi connectivity index (χ1) is 10.4. The zero-order chi connectivity index (χ0) is 16.4. The van der Waals surface area contributed by atoms with Crippen LogP contribution in [0.15, 0.2) is 0 Å². The topological polar surface area (TPSA) is 111 Å². The van der Waals surface area contributed by atoms with Gasteiger partial charge >= 0.3 is 0 Å². The zero-order valence-electron chi connectivity index (χ0n) is 13.0. The Morgan fingerprint density at radius 1 is 1.45 bits per heavy atom. The van der Waals surface area contributed by atoms with Crippen molar-refractivity contribution in [2.75, 3.05) is 37.5 Å². The fourth-order valence-corrected chi connectivity index (χ4v) is 3.52. The fraction of sp³-hybridized carbons (Fsp3) is 0.923. The Labute approximate surface area is 137 Å². The highest BCUT2D eigenvalue weighted by atomic mass is 32.2. The Balaban J connectivity index is 2.20. The van der Waals surface area contributed by atoms with Crippen molar-refractivity contribution in [3.05, 3.63) is 0 Å². The van der Waals surface area contributed by atoms with Gasteiger partial charge in [-0.15, -0.1) is 0 Å². The van der Waals surface area contributed by atoms with E-state index >= 15 is 0 Å². The predicted octanol–water partition coefficient (Wildman–Crippen LogP) is -0.328. The molecule has 1 heterocycles. The normalized spacial score (nSPS) is 20.5. The first kappa shape index (κ1) is 19.7. The summed E-state index contributed by atoms with van der Waals surface area (Å²) in [5.74, 6) is 0.344. The van der Waals surface area contributed by atoms with Gasteiger partial charge < -0.3 is 15.8 Å². The van der Waals surface area contributed by atoms with Gasteiger partial charge in [0, 0.05) is 19.7 Å². The van der Waals surface area contributed by atoms with Gasteiger partial charge in [0.05, 0.1) is 17.9 Å². The third-order valence-corrected chi connectivity index (χ3v) is 5.44. The Hall–Kier alpha value is -0.350. The van der Waals surface area contributed by atoms with E-state index in [1.54, 1.807) is 11.8 Å². The molecule has 1 amide bonds. The highest BCUT2D eigenvalue weighted by molar-refractivity contribution is 7.98. The molecule has 22 heavy (non-hydrogen) atoms. The van der Waals surface area contributed by atoms with Gasteiger partial charge in [0.25, 0.3) is 0 Å². The number of ether oxygens (including phenoxy) is 1. The highest BCUT2D eigenvalue weighted by Gasteiger charge is 2.18. The molecule has 0 aromatic heterocycles. The van der Waals surface area contributed by atoms with Crippen LogP contribution in [0.3, 0.4) is 0 Å². The summed E-state index contributed by atoms with van der Waals surface area (Å²) in [5.41, 5.74) is 5.70. The van der Waals surface area contributed by atoms with Crippen LogP contribution in [0.4, 0.5) is 0 Å². The average molecular weight is 354 g/mol. The van der Waals surface area contributed by atoms with E-state index in [4.69, 9.17) is 10.5 Å². The van der Waals surface area contributed by atoms with Crippen LogP contribution >= 0.6 is 11.8 Å². The molecule has 2 atom stereocenters. The van der Waals surface area contributed by atoms with E-state index < -0.39 is 16.1 Å². The molecule has 0 saturated carbocycles. The van der Waals surface area contributed by atoms with Crippen molar-refractivity contribution in [3.8, 4) is 0 Å². The molecule has 1 unspecified atom stereocenters. The maximum Gasteiger partial charge on any atom is 0.236 e. The van der Waals surface area contributed by atoms with Crippen molar-refractivity contribution in [3.63, 3.8) is 0 Å². The van der Waals surface area contributed by atoms with Crippen molar-refractivity contribution < 1.29 is 17.9 Å². The van der Waals surface area contributed by atoms with Gasteiger partial charge in [0.15, 0.2) is 0 Å². The van der Waals surface area contributed by atoms with Crippen molar-refractivity contribution in [2.24, 2.45) is 5.73 Å². The summed E-state index contributed by atoms with van der Waals surface area (Å²) in [5, 5.41) is 2.56. The van der Waals surface area contributed by atoms with E-state index in [1.165, 1.54) is 0 Å². The van der Waals surface area contributed by atoms with Crippen molar-refractivity contribution in [1.29, 1.82) is 0 Å². The van der Waals surface area contributed by atoms with Gasteiger partial charge in [-0.3, -0.25) is 4.79 Å². The molecule has 0 aromatic carbocycles. The second-order valence-electron chi connectivity index (χ2n) is 5.33. The zero-order valence-corrected chi connectivity index (χ0v) is 14.7. The van der Waals surface area contributed by atoms with E-state index in [2.05, 4.69) is 10.0 Å². The molecule has 1 saturated heterocycles. The predicted molar refractivity (Wildman–Crippen MR) is 89.4 cm³/mol. The molecule has 0 bridgehead atoms. The molecule has 0 aliphatic carbocycles. The lowest BCUT2D eigenvalue weighted by atomic mass is 10.1. The smallest absolute Gasteiger partial charge is 0.236 e. The summed E-state index contributed by atoms with van der Waals surface area (Å²) in [7, 11) is -3.41. The minimum absolute atomic E-state index is 0.0434. The maximum atomic E-state index is 11.8. The van der Waals surface area contributed by atoms with Gasteiger partial charge in [0.1, 0.15) is 0 Å². The molecule has 0 aromatic rings. The van der Waals surface area contributed by atoms with E-state index in [0.717, 1.165) is 25.0 Å². The van der Waals surface area contributed by atoms with Crippen molar-refractivity contribution in [2.45, 2.75) is 37.8 Å². The van der Waals surface area contributed by atoms with Crippen LogP contribution in [-0.2, 0) is 19.6 Å². The van der Waals surface area contributed by atoms with Gasteiger partial charge in [-0.1, -0.05) is 0 Å². The van der Waals surface area contributed by atoms with Crippen LogP contribution in [0, 0.1) is 0 Å². The molecule has 1 aliphatic rings. The molecule has 1 aliphatic heterocycles. The standard InChI is InChI=1S/C13H27N3O4S2/c1-21-8-5-12(14)13(17)15-6-9-22(18,19)16-10-11-4-2-3-7-20-11/h11-12,16H,2-10,14H2,1H3,(H,15,17)/t11?,12-/m0/s1. The number of amides is 1. The first-order valence-electron chi connectivity index (χ1n) is 7.56. The summed E-state index contributed by atoms with van der Waals surface area (Å²) in [4.78, 5) is 11.7. The molecule has 0 spiro atoms. The van der Waals surface area contributed by atoms with Gasteiger partial charge in [-0.2, -0.15) is 11.8 Å². The molecule has 9 heteroatoms. The number of hydrogen-bond donors (Lipinski definition) is 3. The molecular weight excluding hydrogens is 326 g/mol. The fourth-order valence-electron chi connectivity index (χ4n) is 2.08. The van der Waals surface area contributed by atoms with Crippen molar-refractivity contribution >= 4 is 27.7 Å². The van der Waals surface area contributed by atoms with Crippen LogP contribution in [-0.4, -0.2) is 63.9 Å². The number of nitrogens with one attached hydrogen (secondary N) is 2. The van der Waals surface area contributed by atoms with Crippen LogP contribution in [0.2, 0.25) is 0 Å². The van der Waals surface area contributed by atoms with Crippen LogP contribution in [0.5, 0.6) is 0 Å². The summed E-state index contributed by atoms with van der Waals surface area (Å²) in [6, 6.07) is -0.584. The van der Waals surface area contributed by atoms with Gasteiger partial charge in [-0.25, -0.2) is 13.1 Å². The van der Waals surface area contributed by atoms with E-state index in [0.29, 0.717) is 19.6 Å². The third-order valence-electron chi connectivity index (χ3n) is 3.44. The van der Waals surface area contributed by atoms with E-state index in [-0.39, 0.29) is 24.3 Å². The van der Waals surface area contributed by atoms with Gasteiger partial charge in [-0.05, 0) is 37.7 Å². The maximum absolute atomic E-state index is 11.8. The van der Waals surface area contributed by atoms with E-state index in [9.17, 15) is 13.2 Å². The molecule has 4 N–H and O–H groups in total. The Morgan fingerprint density at radius 3 is 2.86 bits per heavy atom. The number of carbonyl (C=O) groups excluding carboxylic acids is 1. The Bertz CT molecular complexity index is 425. The lowest BCUT2D eigenvalue weighted by Gasteiger charge is -2.22. The average Bonchev–Trinajstić information content (AvgIpc) is 2.51. The number of carbonyl (C=O) groups is 1. The minimum Gasteiger partial charge on any atom is -0.377 e. The Kier molecular flexibility index (Phi) is 9.34. The quantitative estimate of drug-likeness (QED) is 0.496. The van der Waals surface area contributed by atoms with Crippen molar-refractivity contribution in [1.82, 2.24) is 10.0 Å². The number of hydrogen-bond acceptors (Lipinski definition) is 6. The summed E-state index contributed by atoms with van der Waals surface area (Å²) in [6.07, 6.45) is 5.46. The van der Waals surface area contributed by atoms with E-state index in [1.807, 2.05) is 6.26 Å². The first-order valence-corrected chi connectivity index (χ1v) is 10.6. The van der Waals surface area contributed by atoms with Crippen LogP contribution < -0.4 is 15.8 Å². The molecule has 1 rings (SSSR count). The minimum atomic E-state index is -3.41. The third kappa shape index (κ3) is 8.33. The van der Waals surface area contributed by atoms with Crippen LogP contribution in [0.1, 0.15) is 25.7 Å². The number of thioether (sulfide) groups is 1. The molecular formula is C13H27N3O4S2. The van der Waals surface area contributed by atoms with Crippen LogP contribution in [0.25, 0.3) is 0 Å². The molecule has 1 fully saturated rings. The molecule has 130 valence electrons. The molecule has 0 radical (unpaired) electrons. The lowest BCUT2D eigenvalue weighted by molar-refractivity contribution is -0.122. The summed E-state index contributed by atoms with van der Waals surface area (Å²) >= 11 is 1.62. The monoisotopic (exact) mass is 353 g/mol. The summed E-state index contributed by atoms with van der Waals surface area (Å²) < 4.78 is 31.7. The second-order valence-corrected chi connectivity index (χ2v) is 8.25. The summed E-state index contributed by atoms with van der Waals surface area (Å²) in [6.45, 7) is 1.05. The SMILES string of the molecule is CSCC[C@H](N)C(=O)NCCS(=O)(=O)NCC1CCCCO1. The number of rotatable bonds is 10. The number of sulfonamides is 1.